The monoisotopic (exact) mass is 301 g/mol. The van der Waals surface area contributed by atoms with Gasteiger partial charge in [0.05, 0.1) is 6.61 Å². The Morgan fingerprint density at radius 3 is 2.43 bits per heavy atom. The fraction of sp³-hybridized carbons (Fsp3) is 0.769. The molecule has 8 nitrogen and oxygen atoms in total. The van der Waals surface area contributed by atoms with E-state index >= 15 is 0 Å². The lowest BCUT2D eigenvalue weighted by Gasteiger charge is -2.26. The summed E-state index contributed by atoms with van der Waals surface area (Å²) < 4.78 is 4.80. The van der Waals surface area contributed by atoms with Crippen molar-refractivity contribution in [1.82, 2.24) is 16.0 Å². The van der Waals surface area contributed by atoms with Crippen molar-refractivity contribution in [1.29, 1.82) is 0 Å². The normalized spacial score (nSPS) is 17.8. The maximum atomic E-state index is 11.9. The maximum Gasteiger partial charge on any atom is 0.329 e. The second kappa shape index (κ2) is 7.82. The van der Waals surface area contributed by atoms with Crippen LogP contribution in [-0.4, -0.2) is 54.9 Å². The number of carboxylic acid groups (broad SMARTS) is 1. The first-order chi connectivity index (χ1) is 9.91. The number of hydrogen-bond acceptors (Lipinski definition) is 4. The minimum atomic E-state index is -1.21. The van der Waals surface area contributed by atoms with E-state index < -0.39 is 23.6 Å². The summed E-state index contributed by atoms with van der Waals surface area (Å²) in [5.74, 6) is -1.38. The highest BCUT2D eigenvalue weighted by molar-refractivity contribution is 5.90. The van der Waals surface area contributed by atoms with E-state index in [1.54, 1.807) is 0 Å². The van der Waals surface area contributed by atoms with Gasteiger partial charge in [-0.15, -0.1) is 0 Å². The summed E-state index contributed by atoms with van der Waals surface area (Å²) in [6.45, 7) is 2.26. The summed E-state index contributed by atoms with van der Waals surface area (Å²) >= 11 is 0. The molecule has 0 aliphatic heterocycles. The molecule has 0 aromatic carbocycles. The van der Waals surface area contributed by atoms with Gasteiger partial charge in [-0.25, -0.2) is 9.59 Å². The summed E-state index contributed by atoms with van der Waals surface area (Å²) in [6, 6.07) is -1.40. The lowest BCUT2D eigenvalue weighted by molar-refractivity contribution is -0.144. The Morgan fingerprint density at radius 1 is 1.29 bits per heavy atom. The average molecular weight is 301 g/mol. The molecule has 0 radical (unpaired) electrons. The zero-order valence-corrected chi connectivity index (χ0v) is 12.4. The number of methoxy groups -OCH3 is 1. The summed E-state index contributed by atoms with van der Waals surface area (Å²) in [5.41, 5.74) is -1.21. The third-order valence-electron chi connectivity index (χ3n) is 3.57. The smallest absolute Gasteiger partial charge is 0.329 e. The number of amides is 3. The number of aliphatic carboxylic acids is 1. The zero-order valence-electron chi connectivity index (χ0n) is 12.4. The topological polar surface area (TPSA) is 117 Å². The van der Waals surface area contributed by atoms with Crippen LogP contribution >= 0.6 is 0 Å². The standard InChI is InChI=1S/C13H23N3O5/c1-9(10(17)14-7-8-21-2)15-12(20)16-13(11(18)19)5-3-4-6-13/h9H,3-8H2,1-2H3,(H,14,17)(H,18,19)(H2,15,16,20). The number of hydrogen-bond donors (Lipinski definition) is 4. The Morgan fingerprint density at radius 2 is 1.90 bits per heavy atom. The molecule has 0 aromatic heterocycles. The number of carbonyl (C=O) groups excluding carboxylic acids is 2. The summed E-state index contributed by atoms with van der Waals surface area (Å²) in [5, 5.41) is 16.8. The van der Waals surface area contributed by atoms with Gasteiger partial charge in [0.2, 0.25) is 5.91 Å². The van der Waals surface area contributed by atoms with Crippen LogP contribution < -0.4 is 16.0 Å². The van der Waals surface area contributed by atoms with Crippen molar-refractivity contribution >= 4 is 17.9 Å². The predicted octanol–water partition coefficient (Wildman–Crippen LogP) is -0.166. The Hall–Kier alpha value is -1.83. The molecule has 1 saturated carbocycles. The summed E-state index contributed by atoms with van der Waals surface area (Å²) in [4.78, 5) is 34.9. The Bertz CT molecular complexity index is 393. The van der Waals surface area contributed by atoms with Gasteiger partial charge in [-0.1, -0.05) is 12.8 Å². The first-order valence-corrected chi connectivity index (χ1v) is 7.00. The zero-order chi connectivity index (χ0) is 15.9. The third-order valence-corrected chi connectivity index (χ3v) is 3.57. The van der Waals surface area contributed by atoms with Gasteiger partial charge in [-0.2, -0.15) is 0 Å². The first kappa shape index (κ1) is 17.2. The van der Waals surface area contributed by atoms with Gasteiger partial charge >= 0.3 is 12.0 Å². The Balaban J connectivity index is 2.45. The molecule has 3 amide bonds. The average Bonchev–Trinajstić information content (AvgIpc) is 2.88. The van der Waals surface area contributed by atoms with Crippen molar-refractivity contribution in [2.45, 2.75) is 44.2 Å². The summed E-state index contributed by atoms with van der Waals surface area (Å²) in [7, 11) is 1.52. The van der Waals surface area contributed by atoms with Crippen LogP contribution in [0.4, 0.5) is 4.79 Å². The molecule has 0 bridgehead atoms. The van der Waals surface area contributed by atoms with Crippen molar-refractivity contribution in [2.24, 2.45) is 0 Å². The molecule has 0 spiro atoms. The number of rotatable bonds is 7. The maximum absolute atomic E-state index is 11.9. The molecule has 0 heterocycles. The molecule has 21 heavy (non-hydrogen) atoms. The van der Waals surface area contributed by atoms with Gasteiger partial charge in [-0.05, 0) is 19.8 Å². The fourth-order valence-electron chi connectivity index (χ4n) is 2.32. The van der Waals surface area contributed by atoms with E-state index in [2.05, 4.69) is 16.0 Å². The number of carboxylic acids is 1. The molecule has 4 N–H and O–H groups in total. The second-order valence-corrected chi connectivity index (χ2v) is 5.20. The van der Waals surface area contributed by atoms with E-state index in [4.69, 9.17) is 4.74 Å². The largest absolute Gasteiger partial charge is 0.480 e. The molecule has 120 valence electrons. The molecular formula is C13H23N3O5. The van der Waals surface area contributed by atoms with E-state index in [0.29, 0.717) is 26.0 Å². The quantitative estimate of drug-likeness (QED) is 0.487. The van der Waals surface area contributed by atoms with Crippen LogP contribution in [0, 0.1) is 0 Å². The lowest BCUT2D eigenvalue weighted by Crippen LogP contribution is -2.58. The van der Waals surface area contributed by atoms with Crippen molar-refractivity contribution < 1.29 is 24.2 Å². The highest BCUT2D eigenvalue weighted by atomic mass is 16.5. The van der Waals surface area contributed by atoms with E-state index in [1.807, 2.05) is 0 Å². The molecule has 0 saturated heterocycles. The van der Waals surface area contributed by atoms with Gasteiger partial charge in [-0.3, -0.25) is 4.79 Å². The van der Waals surface area contributed by atoms with E-state index in [9.17, 15) is 19.5 Å². The number of urea groups is 1. The Labute approximate surface area is 123 Å². The molecule has 1 fully saturated rings. The van der Waals surface area contributed by atoms with Crippen LogP contribution in [-0.2, 0) is 14.3 Å². The molecule has 1 unspecified atom stereocenters. The van der Waals surface area contributed by atoms with Gasteiger partial charge < -0.3 is 25.8 Å². The van der Waals surface area contributed by atoms with Gasteiger partial charge in [0.25, 0.3) is 0 Å². The van der Waals surface area contributed by atoms with Crippen molar-refractivity contribution in [2.75, 3.05) is 20.3 Å². The van der Waals surface area contributed by atoms with Crippen molar-refractivity contribution in [3.8, 4) is 0 Å². The summed E-state index contributed by atoms with van der Waals surface area (Å²) in [6.07, 6.45) is 2.34. The number of ether oxygens (including phenoxy) is 1. The molecule has 1 aliphatic rings. The fourth-order valence-corrected chi connectivity index (χ4v) is 2.32. The number of nitrogens with one attached hydrogen (secondary N) is 3. The molecule has 1 aliphatic carbocycles. The molecule has 1 atom stereocenters. The molecule has 8 heteroatoms. The first-order valence-electron chi connectivity index (χ1n) is 7.00. The van der Waals surface area contributed by atoms with Crippen LogP contribution in [0.5, 0.6) is 0 Å². The van der Waals surface area contributed by atoms with Gasteiger partial charge in [0, 0.05) is 13.7 Å². The van der Waals surface area contributed by atoms with Crippen LogP contribution in [0.15, 0.2) is 0 Å². The van der Waals surface area contributed by atoms with Crippen molar-refractivity contribution in [3.63, 3.8) is 0 Å². The van der Waals surface area contributed by atoms with E-state index in [1.165, 1.54) is 14.0 Å². The highest BCUT2D eigenvalue weighted by Crippen LogP contribution is 2.29. The Kier molecular flexibility index (Phi) is 6.41. The second-order valence-electron chi connectivity index (χ2n) is 5.20. The molecular weight excluding hydrogens is 278 g/mol. The highest BCUT2D eigenvalue weighted by Gasteiger charge is 2.42. The predicted molar refractivity (Wildman–Crippen MR) is 74.8 cm³/mol. The van der Waals surface area contributed by atoms with Crippen molar-refractivity contribution in [3.05, 3.63) is 0 Å². The number of carbonyl (C=O) groups is 3. The van der Waals surface area contributed by atoms with Crippen LogP contribution in [0.3, 0.4) is 0 Å². The van der Waals surface area contributed by atoms with E-state index in [-0.39, 0.29) is 5.91 Å². The van der Waals surface area contributed by atoms with E-state index in [0.717, 1.165) is 12.8 Å². The van der Waals surface area contributed by atoms with Gasteiger partial charge in [0.15, 0.2) is 0 Å². The van der Waals surface area contributed by atoms with Gasteiger partial charge in [0.1, 0.15) is 11.6 Å². The van der Waals surface area contributed by atoms with Crippen LogP contribution in [0.25, 0.3) is 0 Å². The minimum Gasteiger partial charge on any atom is -0.480 e. The lowest BCUT2D eigenvalue weighted by atomic mass is 9.98. The van der Waals surface area contributed by atoms with Crippen LogP contribution in [0.1, 0.15) is 32.6 Å². The minimum absolute atomic E-state index is 0.349. The third kappa shape index (κ3) is 4.89. The molecule has 0 aromatic rings. The molecule has 1 rings (SSSR count). The van der Waals surface area contributed by atoms with Crippen LogP contribution in [0.2, 0.25) is 0 Å². The SMILES string of the molecule is COCCNC(=O)C(C)NC(=O)NC1(C(=O)O)CCCC1.